The molecule has 0 amide bonds. The van der Waals surface area contributed by atoms with Gasteiger partial charge in [0.15, 0.2) is 11.5 Å². The summed E-state index contributed by atoms with van der Waals surface area (Å²) in [6.45, 7) is 3.85. The van der Waals surface area contributed by atoms with Gasteiger partial charge in [-0.15, -0.1) is 0 Å². The van der Waals surface area contributed by atoms with E-state index >= 15 is 0 Å². The molecule has 178 valence electrons. The van der Waals surface area contributed by atoms with Crippen molar-refractivity contribution in [2.45, 2.75) is 20.0 Å². The van der Waals surface area contributed by atoms with Crippen LogP contribution < -0.4 is 9.47 Å². The van der Waals surface area contributed by atoms with Crippen molar-refractivity contribution in [2.24, 2.45) is 4.99 Å². The Balaban J connectivity index is 1.98. The largest absolute Gasteiger partial charge is 0.490 e. The smallest absolute Gasteiger partial charge is 0.416 e. The highest BCUT2D eigenvalue weighted by Crippen LogP contribution is 2.43. The zero-order chi connectivity index (χ0) is 25.0. The molecule has 0 N–H and O–H groups in total. The predicted molar refractivity (Wildman–Crippen MR) is 127 cm³/mol. The fraction of sp³-hybridized carbons (Fsp3) is 0.174. The summed E-state index contributed by atoms with van der Waals surface area (Å²) in [5, 5.41) is 12.0. The van der Waals surface area contributed by atoms with E-state index < -0.39 is 22.4 Å². The molecule has 0 heterocycles. The maximum absolute atomic E-state index is 13.0. The van der Waals surface area contributed by atoms with Crippen LogP contribution in [0.3, 0.4) is 0 Å². The van der Waals surface area contributed by atoms with Gasteiger partial charge >= 0.3 is 11.9 Å². The average molecular weight is 558 g/mol. The highest BCUT2D eigenvalue weighted by atomic mass is 79.9. The SMILES string of the molecule is CCOc1cc(C=Nc2ccc(C)c(Cl)c2)cc(Br)c1Oc1ccc(C(F)(F)F)cc1[N+](=O)[O-]. The van der Waals surface area contributed by atoms with E-state index in [1.165, 1.54) is 0 Å². The second kappa shape index (κ2) is 10.4. The molecule has 0 aliphatic carbocycles. The lowest BCUT2D eigenvalue weighted by molar-refractivity contribution is -0.385. The lowest BCUT2D eigenvalue weighted by atomic mass is 10.1. The van der Waals surface area contributed by atoms with Gasteiger partial charge in [0.05, 0.1) is 27.3 Å². The summed E-state index contributed by atoms with van der Waals surface area (Å²) in [7, 11) is 0. The Labute approximate surface area is 206 Å². The van der Waals surface area contributed by atoms with Crippen molar-refractivity contribution < 1.29 is 27.6 Å². The molecule has 0 aliphatic heterocycles. The third-order valence-electron chi connectivity index (χ3n) is 4.54. The van der Waals surface area contributed by atoms with Crippen LogP contribution in [0, 0.1) is 17.0 Å². The quantitative estimate of drug-likeness (QED) is 0.166. The van der Waals surface area contributed by atoms with E-state index in [9.17, 15) is 23.3 Å². The van der Waals surface area contributed by atoms with Crippen LogP contribution >= 0.6 is 27.5 Å². The van der Waals surface area contributed by atoms with Crippen LogP contribution in [0.5, 0.6) is 17.2 Å². The first-order chi connectivity index (χ1) is 16.0. The van der Waals surface area contributed by atoms with E-state index in [0.29, 0.717) is 32.9 Å². The Hall–Kier alpha value is -3.11. The Kier molecular flexibility index (Phi) is 7.83. The number of rotatable bonds is 7. The zero-order valence-electron chi connectivity index (χ0n) is 17.8. The summed E-state index contributed by atoms with van der Waals surface area (Å²) < 4.78 is 50.6. The molecule has 3 aromatic rings. The molecule has 0 saturated carbocycles. The first-order valence-electron chi connectivity index (χ1n) is 9.79. The third kappa shape index (κ3) is 6.06. The molecular weight excluding hydrogens is 541 g/mol. The van der Waals surface area contributed by atoms with Crippen molar-refractivity contribution in [1.82, 2.24) is 0 Å². The number of aryl methyl sites for hydroxylation is 1. The number of aliphatic imine (C=N–C) groups is 1. The van der Waals surface area contributed by atoms with Gasteiger partial charge in [0.2, 0.25) is 5.75 Å². The van der Waals surface area contributed by atoms with Crippen LogP contribution in [0.1, 0.15) is 23.6 Å². The van der Waals surface area contributed by atoms with Crippen LogP contribution in [-0.4, -0.2) is 17.7 Å². The number of nitro groups is 1. The lowest BCUT2D eigenvalue weighted by Gasteiger charge is -2.15. The normalized spacial score (nSPS) is 11.6. The summed E-state index contributed by atoms with van der Waals surface area (Å²) in [5.41, 5.74) is 0.178. The van der Waals surface area contributed by atoms with Gasteiger partial charge < -0.3 is 9.47 Å². The number of nitrogens with zero attached hydrogens (tertiary/aromatic N) is 2. The third-order valence-corrected chi connectivity index (χ3v) is 5.54. The second-order valence-electron chi connectivity index (χ2n) is 6.99. The maximum atomic E-state index is 13.0. The Morgan fingerprint density at radius 1 is 1.15 bits per heavy atom. The van der Waals surface area contributed by atoms with Crippen LogP contribution in [0.2, 0.25) is 5.02 Å². The van der Waals surface area contributed by atoms with Crippen LogP contribution in [-0.2, 0) is 6.18 Å². The van der Waals surface area contributed by atoms with E-state index in [2.05, 4.69) is 20.9 Å². The monoisotopic (exact) mass is 556 g/mol. The number of hydrogen-bond donors (Lipinski definition) is 0. The van der Waals surface area contributed by atoms with Gasteiger partial charge in [0.1, 0.15) is 0 Å². The molecule has 0 bridgehead atoms. The average Bonchev–Trinajstić information content (AvgIpc) is 2.76. The minimum atomic E-state index is -4.73. The molecule has 0 aromatic heterocycles. The minimum Gasteiger partial charge on any atom is -0.490 e. The Morgan fingerprint density at radius 2 is 1.88 bits per heavy atom. The summed E-state index contributed by atoms with van der Waals surface area (Å²) in [5.74, 6) is -0.0786. The number of benzene rings is 3. The standard InChI is InChI=1S/C23H17BrClF3N2O4/c1-3-33-21-9-14(12-29-16-6-4-13(2)18(25)11-16)8-17(24)22(21)34-20-7-5-15(23(26,27)28)10-19(20)30(31)32/h4-12H,3H2,1-2H3. The highest BCUT2D eigenvalue weighted by molar-refractivity contribution is 9.10. The van der Waals surface area contributed by atoms with E-state index in [0.717, 1.165) is 11.6 Å². The highest BCUT2D eigenvalue weighted by Gasteiger charge is 2.33. The molecule has 3 rings (SSSR count). The molecule has 3 aromatic carbocycles. The number of alkyl halides is 3. The van der Waals surface area contributed by atoms with Crippen molar-refractivity contribution in [1.29, 1.82) is 0 Å². The number of hydrogen-bond acceptors (Lipinski definition) is 5. The molecule has 0 spiro atoms. The van der Waals surface area contributed by atoms with E-state index in [1.807, 2.05) is 13.0 Å². The second-order valence-corrected chi connectivity index (χ2v) is 8.26. The van der Waals surface area contributed by atoms with Gasteiger partial charge in [0.25, 0.3) is 0 Å². The molecule has 11 heteroatoms. The van der Waals surface area contributed by atoms with Crippen molar-refractivity contribution in [3.05, 3.63) is 84.8 Å². The molecule has 0 saturated heterocycles. The first kappa shape index (κ1) is 25.5. The zero-order valence-corrected chi connectivity index (χ0v) is 20.2. The van der Waals surface area contributed by atoms with Gasteiger partial charge in [-0.3, -0.25) is 15.1 Å². The van der Waals surface area contributed by atoms with Crippen molar-refractivity contribution >= 4 is 45.1 Å². The minimum absolute atomic E-state index is 0.0697. The maximum Gasteiger partial charge on any atom is 0.416 e. The van der Waals surface area contributed by atoms with E-state index in [4.69, 9.17) is 21.1 Å². The molecule has 0 atom stereocenters. The first-order valence-corrected chi connectivity index (χ1v) is 11.0. The van der Waals surface area contributed by atoms with Gasteiger partial charge in [0, 0.05) is 17.3 Å². The topological polar surface area (TPSA) is 74.0 Å². The molecule has 0 aliphatic rings. The predicted octanol–water partition coefficient (Wildman–Crippen LogP) is 8.28. The van der Waals surface area contributed by atoms with E-state index in [1.54, 1.807) is 37.4 Å². The molecule has 0 fully saturated rings. The van der Waals surface area contributed by atoms with Crippen LogP contribution in [0.25, 0.3) is 0 Å². The van der Waals surface area contributed by atoms with Gasteiger partial charge in [-0.2, -0.15) is 13.2 Å². The molecule has 0 radical (unpaired) electrons. The lowest BCUT2D eigenvalue weighted by Crippen LogP contribution is -2.06. The fourth-order valence-corrected chi connectivity index (χ4v) is 3.58. The fourth-order valence-electron chi connectivity index (χ4n) is 2.87. The Morgan fingerprint density at radius 3 is 2.50 bits per heavy atom. The van der Waals surface area contributed by atoms with Gasteiger partial charge in [-0.1, -0.05) is 17.7 Å². The summed E-state index contributed by atoms with van der Waals surface area (Å²) in [6.07, 6.45) is -3.17. The number of halogens is 5. The van der Waals surface area contributed by atoms with Crippen molar-refractivity contribution in [3.8, 4) is 17.2 Å². The van der Waals surface area contributed by atoms with E-state index in [-0.39, 0.29) is 23.9 Å². The number of ether oxygens (including phenoxy) is 2. The van der Waals surface area contributed by atoms with Crippen LogP contribution in [0.4, 0.5) is 24.5 Å². The van der Waals surface area contributed by atoms with Crippen molar-refractivity contribution in [3.63, 3.8) is 0 Å². The molecule has 6 nitrogen and oxygen atoms in total. The molecule has 0 unspecified atom stereocenters. The molecule has 34 heavy (non-hydrogen) atoms. The van der Waals surface area contributed by atoms with Crippen LogP contribution in [0.15, 0.2) is 58.0 Å². The molecular formula is C23H17BrClF3N2O4. The van der Waals surface area contributed by atoms with Gasteiger partial charge in [-0.25, -0.2) is 0 Å². The summed E-state index contributed by atoms with van der Waals surface area (Å²) in [4.78, 5) is 14.8. The van der Waals surface area contributed by atoms with Crippen molar-refractivity contribution in [2.75, 3.05) is 6.61 Å². The Bertz CT molecular complexity index is 1270. The summed E-state index contributed by atoms with van der Waals surface area (Å²) >= 11 is 9.47. The van der Waals surface area contributed by atoms with Gasteiger partial charge in [-0.05, 0) is 77.3 Å². The summed E-state index contributed by atoms with van der Waals surface area (Å²) in [6, 6.07) is 10.6. The number of nitro benzene ring substituents is 1.